The fourth-order valence-electron chi connectivity index (χ4n) is 2.63. The summed E-state index contributed by atoms with van der Waals surface area (Å²) in [5.74, 6) is 0.196. The van der Waals surface area contributed by atoms with Crippen LogP contribution in [0, 0.1) is 11.3 Å². The molecule has 3 rings (SSSR count). The van der Waals surface area contributed by atoms with Crippen LogP contribution in [0.4, 0.5) is 0 Å². The lowest BCUT2D eigenvalue weighted by molar-refractivity contribution is 0.389. The molecule has 0 aliphatic carbocycles. The van der Waals surface area contributed by atoms with Gasteiger partial charge in [-0.15, -0.1) is 0 Å². The van der Waals surface area contributed by atoms with E-state index in [-0.39, 0.29) is 16.4 Å². The first-order chi connectivity index (χ1) is 14.3. The summed E-state index contributed by atoms with van der Waals surface area (Å²) in [4.78, 5) is -0.0410. The van der Waals surface area contributed by atoms with Gasteiger partial charge in [-0.1, -0.05) is 41.9 Å². The van der Waals surface area contributed by atoms with Crippen LogP contribution < -0.4 is 8.92 Å². The van der Waals surface area contributed by atoms with Gasteiger partial charge in [-0.25, -0.2) is 0 Å². The second kappa shape index (κ2) is 9.35. The van der Waals surface area contributed by atoms with Crippen molar-refractivity contribution in [2.75, 3.05) is 7.11 Å². The normalized spacial score (nSPS) is 11.6. The van der Waals surface area contributed by atoms with Crippen LogP contribution in [0.2, 0.25) is 5.02 Å². The Hall–Kier alpha value is -2.79. The number of methoxy groups -OCH3 is 1. The van der Waals surface area contributed by atoms with Gasteiger partial charge in [-0.05, 0) is 69.5 Å². The highest BCUT2D eigenvalue weighted by atomic mass is 79.9. The zero-order valence-electron chi connectivity index (χ0n) is 15.7. The molecule has 0 aliphatic rings. The Bertz CT molecular complexity index is 1230. The van der Waals surface area contributed by atoms with E-state index in [1.165, 1.54) is 31.4 Å². The van der Waals surface area contributed by atoms with Crippen LogP contribution in [0.25, 0.3) is 11.6 Å². The summed E-state index contributed by atoms with van der Waals surface area (Å²) in [6.45, 7) is 0. The van der Waals surface area contributed by atoms with Crippen LogP contribution >= 0.6 is 27.5 Å². The maximum atomic E-state index is 12.6. The van der Waals surface area contributed by atoms with Crippen molar-refractivity contribution in [2.24, 2.45) is 0 Å². The molecule has 0 radical (unpaired) electrons. The maximum Gasteiger partial charge on any atom is 0.339 e. The zero-order chi connectivity index (χ0) is 21.7. The quantitative estimate of drug-likeness (QED) is 0.236. The maximum absolute atomic E-state index is 12.6. The smallest absolute Gasteiger partial charge is 0.339 e. The highest BCUT2D eigenvalue weighted by molar-refractivity contribution is 9.10. The standard InChI is InChI=1S/C22H15BrClNO4S/c1-28-21-13-15(11-17(14-25)16-5-3-2-4-6-16)12-20(23)22(21)29-30(26,27)19-9-7-18(24)8-10-19/h2-13H,1H3/b17-11+. The minimum atomic E-state index is -4.11. The Morgan fingerprint density at radius 1 is 1.10 bits per heavy atom. The third-order valence-electron chi connectivity index (χ3n) is 4.06. The number of rotatable bonds is 6. The Kier molecular flexibility index (Phi) is 6.83. The van der Waals surface area contributed by atoms with E-state index >= 15 is 0 Å². The molecule has 0 spiro atoms. The van der Waals surface area contributed by atoms with Gasteiger partial charge < -0.3 is 8.92 Å². The molecular weight excluding hydrogens is 490 g/mol. The highest BCUT2D eigenvalue weighted by Crippen LogP contribution is 2.39. The van der Waals surface area contributed by atoms with Gasteiger partial charge in [-0.2, -0.15) is 13.7 Å². The highest BCUT2D eigenvalue weighted by Gasteiger charge is 2.22. The topological polar surface area (TPSA) is 76.4 Å². The molecule has 5 nitrogen and oxygen atoms in total. The van der Waals surface area contributed by atoms with E-state index < -0.39 is 10.1 Å². The summed E-state index contributed by atoms with van der Waals surface area (Å²) in [6, 6.07) is 20.3. The van der Waals surface area contributed by atoms with Crippen molar-refractivity contribution >= 4 is 49.3 Å². The van der Waals surface area contributed by atoms with Crippen LogP contribution in [0.15, 0.2) is 76.1 Å². The summed E-state index contributed by atoms with van der Waals surface area (Å²) < 4.78 is 36.3. The molecule has 0 saturated heterocycles. The van der Waals surface area contributed by atoms with Gasteiger partial charge in [0.05, 0.1) is 23.2 Å². The molecular formula is C22H15BrClNO4S. The van der Waals surface area contributed by atoms with Crippen molar-refractivity contribution in [3.05, 3.63) is 87.4 Å². The first-order valence-corrected chi connectivity index (χ1v) is 11.2. The lowest BCUT2D eigenvalue weighted by atomic mass is 10.0. The van der Waals surface area contributed by atoms with E-state index in [9.17, 15) is 13.7 Å². The molecule has 3 aromatic carbocycles. The largest absolute Gasteiger partial charge is 0.493 e. The average molecular weight is 505 g/mol. The molecule has 0 amide bonds. The van der Waals surface area contributed by atoms with E-state index in [1.807, 2.05) is 30.3 Å². The van der Waals surface area contributed by atoms with E-state index in [0.29, 0.717) is 20.6 Å². The number of nitriles is 1. The predicted molar refractivity (Wildman–Crippen MR) is 120 cm³/mol. The second-order valence-electron chi connectivity index (χ2n) is 6.06. The van der Waals surface area contributed by atoms with Crippen molar-refractivity contribution in [1.82, 2.24) is 0 Å². The van der Waals surface area contributed by atoms with Crippen LogP contribution in [-0.4, -0.2) is 15.5 Å². The molecule has 0 bridgehead atoms. The van der Waals surface area contributed by atoms with E-state index in [2.05, 4.69) is 22.0 Å². The van der Waals surface area contributed by atoms with Crippen LogP contribution in [0.1, 0.15) is 11.1 Å². The third-order valence-corrected chi connectivity index (χ3v) is 6.14. The average Bonchev–Trinajstić information content (AvgIpc) is 2.74. The molecule has 0 fully saturated rings. The predicted octanol–water partition coefficient (Wildman–Crippen LogP) is 5.94. The van der Waals surface area contributed by atoms with Crippen molar-refractivity contribution in [3.8, 4) is 17.6 Å². The van der Waals surface area contributed by atoms with Gasteiger partial charge in [0, 0.05) is 5.02 Å². The fraction of sp³-hybridized carbons (Fsp3) is 0.0455. The molecule has 152 valence electrons. The Morgan fingerprint density at radius 3 is 2.37 bits per heavy atom. The van der Waals surface area contributed by atoms with Crippen molar-refractivity contribution < 1.29 is 17.3 Å². The van der Waals surface area contributed by atoms with Crippen molar-refractivity contribution in [1.29, 1.82) is 5.26 Å². The van der Waals surface area contributed by atoms with Crippen LogP contribution in [0.5, 0.6) is 11.5 Å². The number of allylic oxidation sites excluding steroid dienone is 1. The van der Waals surface area contributed by atoms with E-state index in [0.717, 1.165) is 5.56 Å². The van der Waals surface area contributed by atoms with Gasteiger partial charge >= 0.3 is 10.1 Å². The fourth-order valence-corrected chi connectivity index (χ4v) is 4.36. The number of hydrogen-bond acceptors (Lipinski definition) is 5. The van der Waals surface area contributed by atoms with Crippen molar-refractivity contribution in [2.45, 2.75) is 4.90 Å². The summed E-state index contributed by atoms with van der Waals surface area (Å²) >= 11 is 9.16. The van der Waals surface area contributed by atoms with Gasteiger partial charge in [0.15, 0.2) is 11.5 Å². The van der Waals surface area contributed by atoms with Gasteiger partial charge in [0.25, 0.3) is 0 Å². The first kappa shape index (κ1) is 21.9. The monoisotopic (exact) mass is 503 g/mol. The Balaban J connectivity index is 2.00. The molecule has 30 heavy (non-hydrogen) atoms. The number of benzene rings is 3. The number of hydrogen-bond donors (Lipinski definition) is 0. The van der Waals surface area contributed by atoms with Crippen molar-refractivity contribution in [3.63, 3.8) is 0 Å². The van der Waals surface area contributed by atoms with E-state index in [4.69, 9.17) is 20.5 Å². The van der Waals surface area contributed by atoms with Crippen LogP contribution in [-0.2, 0) is 10.1 Å². The molecule has 0 unspecified atom stereocenters. The molecule has 3 aromatic rings. The van der Waals surface area contributed by atoms with Crippen LogP contribution in [0.3, 0.4) is 0 Å². The summed E-state index contributed by atoms with van der Waals surface area (Å²) in [5.41, 5.74) is 1.85. The van der Waals surface area contributed by atoms with Gasteiger partial charge in [0.1, 0.15) is 4.90 Å². The number of halogens is 2. The first-order valence-electron chi connectivity index (χ1n) is 8.59. The lowest BCUT2D eigenvalue weighted by Crippen LogP contribution is -2.11. The summed E-state index contributed by atoms with van der Waals surface area (Å²) in [7, 11) is -2.70. The lowest BCUT2D eigenvalue weighted by Gasteiger charge is -2.13. The molecule has 0 N–H and O–H groups in total. The molecule has 8 heteroatoms. The Labute approximate surface area is 188 Å². The summed E-state index contributed by atoms with van der Waals surface area (Å²) in [5, 5.41) is 9.93. The van der Waals surface area contributed by atoms with Gasteiger partial charge in [0.2, 0.25) is 0 Å². The molecule has 0 atom stereocenters. The number of nitrogens with zero attached hydrogens (tertiary/aromatic N) is 1. The SMILES string of the molecule is COc1cc(/C=C(\C#N)c2ccccc2)cc(Br)c1OS(=O)(=O)c1ccc(Cl)cc1. The molecule has 0 aliphatic heterocycles. The number of ether oxygens (including phenoxy) is 1. The minimum Gasteiger partial charge on any atom is -0.493 e. The van der Waals surface area contributed by atoms with Gasteiger partial charge in [-0.3, -0.25) is 0 Å². The molecule has 0 heterocycles. The Morgan fingerprint density at radius 2 is 1.77 bits per heavy atom. The van der Waals surface area contributed by atoms with E-state index in [1.54, 1.807) is 18.2 Å². The molecule has 0 aromatic heterocycles. The zero-order valence-corrected chi connectivity index (χ0v) is 18.8. The third kappa shape index (κ3) is 5.03. The summed E-state index contributed by atoms with van der Waals surface area (Å²) in [6.07, 6.45) is 1.68. The minimum absolute atomic E-state index is 0.00261. The second-order valence-corrected chi connectivity index (χ2v) is 8.90. The molecule has 0 saturated carbocycles.